The summed E-state index contributed by atoms with van der Waals surface area (Å²) < 4.78 is 4.26. The average Bonchev–Trinajstić information content (AvgIpc) is 3.01. The Morgan fingerprint density at radius 1 is 1.17 bits per heavy atom. The molecule has 24 heavy (non-hydrogen) atoms. The Kier molecular flexibility index (Phi) is 4.47. The van der Waals surface area contributed by atoms with Crippen LogP contribution >= 0.6 is 11.5 Å². The smallest absolute Gasteiger partial charge is 0.225 e. The van der Waals surface area contributed by atoms with Gasteiger partial charge in [-0.1, -0.05) is 6.42 Å². The van der Waals surface area contributed by atoms with E-state index in [1.54, 1.807) is 0 Å². The van der Waals surface area contributed by atoms with Crippen LogP contribution in [0.2, 0.25) is 0 Å². The Morgan fingerprint density at radius 3 is 2.42 bits per heavy atom. The van der Waals surface area contributed by atoms with Crippen molar-refractivity contribution in [3.8, 4) is 0 Å². The molecule has 2 aliphatic carbocycles. The number of carbonyl (C=O) groups excluding carboxylic acids is 1. The molecular formula is C17H27N5OS. The predicted molar refractivity (Wildman–Crippen MR) is 95.0 cm³/mol. The topological polar surface area (TPSA) is 75.4 Å². The lowest BCUT2D eigenvalue weighted by atomic mass is 9.65. The molecule has 1 aromatic rings. The van der Waals surface area contributed by atoms with Crippen LogP contribution < -0.4 is 10.6 Å². The SMILES string of the molecule is Cc1nsc(N2CCN(C(=O)C3CC4CCCC(C3)C4N)CC2)n1. The number of aromatic nitrogens is 2. The largest absolute Gasteiger partial charge is 0.343 e. The number of hydrogen-bond acceptors (Lipinski definition) is 6. The molecule has 1 saturated heterocycles. The minimum atomic E-state index is 0.204. The van der Waals surface area contributed by atoms with Crippen molar-refractivity contribution in [2.45, 2.75) is 45.1 Å². The molecule has 1 amide bonds. The molecule has 2 atom stereocenters. The number of rotatable bonds is 2. The van der Waals surface area contributed by atoms with Gasteiger partial charge in [0.2, 0.25) is 11.0 Å². The zero-order valence-electron chi connectivity index (χ0n) is 14.4. The molecule has 0 radical (unpaired) electrons. The van der Waals surface area contributed by atoms with Gasteiger partial charge in [-0.05, 0) is 44.4 Å². The highest BCUT2D eigenvalue weighted by molar-refractivity contribution is 7.09. The molecule has 7 heteroatoms. The standard InChI is InChI=1S/C17H27N5OS/c1-11-19-17(24-20-11)22-7-5-21(6-8-22)16(23)14-9-12-3-2-4-13(10-14)15(12)18/h12-15H,2-10,18H2,1H3. The number of anilines is 1. The lowest BCUT2D eigenvalue weighted by Crippen LogP contribution is -2.53. The predicted octanol–water partition coefficient (Wildman–Crippen LogP) is 1.65. The number of hydrogen-bond donors (Lipinski definition) is 1. The molecule has 1 aliphatic heterocycles. The van der Waals surface area contributed by atoms with Gasteiger partial charge in [-0.3, -0.25) is 4.79 Å². The van der Waals surface area contributed by atoms with Crippen LogP contribution in [0.5, 0.6) is 0 Å². The van der Waals surface area contributed by atoms with Crippen LogP contribution in [0, 0.1) is 24.7 Å². The van der Waals surface area contributed by atoms with Crippen LogP contribution in [0.4, 0.5) is 5.13 Å². The zero-order valence-corrected chi connectivity index (χ0v) is 15.2. The first-order valence-corrected chi connectivity index (χ1v) is 9.99. The van der Waals surface area contributed by atoms with Gasteiger partial charge in [0.15, 0.2) is 0 Å². The van der Waals surface area contributed by atoms with E-state index in [9.17, 15) is 4.79 Å². The number of nitrogens with two attached hydrogens (primary N) is 1. The third kappa shape index (κ3) is 3.04. The second-order valence-electron chi connectivity index (χ2n) is 7.63. The summed E-state index contributed by atoms with van der Waals surface area (Å²) in [4.78, 5) is 21.8. The number of nitrogens with zero attached hydrogens (tertiary/aromatic N) is 4. The fourth-order valence-corrected chi connectivity index (χ4v) is 5.51. The van der Waals surface area contributed by atoms with Gasteiger partial charge >= 0.3 is 0 Å². The average molecular weight is 350 g/mol. The van der Waals surface area contributed by atoms with E-state index in [2.05, 4.69) is 19.2 Å². The molecule has 3 fully saturated rings. The maximum Gasteiger partial charge on any atom is 0.225 e. The van der Waals surface area contributed by atoms with Crippen molar-refractivity contribution in [2.24, 2.45) is 23.5 Å². The Balaban J connectivity index is 1.35. The van der Waals surface area contributed by atoms with E-state index in [-0.39, 0.29) is 5.92 Å². The van der Waals surface area contributed by atoms with Crippen molar-refractivity contribution < 1.29 is 4.79 Å². The highest BCUT2D eigenvalue weighted by Crippen LogP contribution is 2.42. The van der Waals surface area contributed by atoms with Gasteiger partial charge < -0.3 is 15.5 Å². The van der Waals surface area contributed by atoms with Crippen LogP contribution in [-0.4, -0.2) is 52.4 Å². The van der Waals surface area contributed by atoms with Gasteiger partial charge in [-0.2, -0.15) is 4.37 Å². The molecule has 1 aromatic heterocycles. The van der Waals surface area contributed by atoms with Gasteiger partial charge in [0.05, 0.1) is 0 Å². The van der Waals surface area contributed by atoms with Gasteiger partial charge in [-0.25, -0.2) is 4.98 Å². The number of fused-ring (bicyclic) bond motifs is 2. The monoisotopic (exact) mass is 349 g/mol. The van der Waals surface area contributed by atoms with E-state index in [4.69, 9.17) is 5.73 Å². The number of aryl methyl sites for hydroxylation is 1. The van der Waals surface area contributed by atoms with Crippen LogP contribution in [0.25, 0.3) is 0 Å². The lowest BCUT2D eigenvalue weighted by molar-refractivity contribution is -0.138. The Bertz CT molecular complexity index is 584. The molecule has 0 spiro atoms. The van der Waals surface area contributed by atoms with E-state index in [0.29, 0.717) is 23.8 Å². The quantitative estimate of drug-likeness (QED) is 0.879. The van der Waals surface area contributed by atoms with Crippen molar-refractivity contribution in [3.05, 3.63) is 5.82 Å². The van der Waals surface area contributed by atoms with E-state index >= 15 is 0 Å². The van der Waals surface area contributed by atoms with Crippen molar-refractivity contribution >= 4 is 22.6 Å². The molecule has 132 valence electrons. The molecule has 2 saturated carbocycles. The van der Waals surface area contributed by atoms with Crippen LogP contribution in [0.1, 0.15) is 37.9 Å². The first-order valence-electron chi connectivity index (χ1n) is 9.21. The summed E-state index contributed by atoms with van der Waals surface area (Å²) in [6.07, 6.45) is 5.74. The highest BCUT2D eigenvalue weighted by atomic mass is 32.1. The molecule has 3 aliphatic rings. The Hall–Kier alpha value is -1.21. The van der Waals surface area contributed by atoms with Crippen molar-refractivity contribution in [1.82, 2.24) is 14.3 Å². The Morgan fingerprint density at radius 2 is 1.83 bits per heavy atom. The molecule has 2 unspecified atom stereocenters. The second-order valence-corrected chi connectivity index (χ2v) is 8.36. The van der Waals surface area contributed by atoms with Crippen LogP contribution in [0.3, 0.4) is 0 Å². The molecule has 2 N–H and O–H groups in total. The van der Waals surface area contributed by atoms with E-state index in [0.717, 1.165) is 50.0 Å². The molecular weight excluding hydrogens is 322 g/mol. The summed E-state index contributed by atoms with van der Waals surface area (Å²) in [6.45, 7) is 5.24. The zero-order chi connectivity index (χ0) is 16.7. The number of carbonyl (C=O) groups is 1. The molecule has 4 rings (SSSR count). The summed E-state index contributed by atoms with van der Waals surface area (Å²) in [7, 11) is 0. The Labute approximate surface area is 147 Å². The van der Waals surface area contributed by atoms with Crippen molar-refractivity contribution in [2.75, 3.05) is 31.1 Å². The second kappa shape index (κ2) is 6.59. The number of amides is 1. The van der Waals surface area contributed by atoms with Gasteiger partial charge in [0, 0.05) is 49.7 Å². The molecule has 2 heterocycles. The summed E-state index contributed by atoms with van der Waals surface area (Å²) in [5.41, 5.74) is 6.37. The highest BCUT2D eigenvalue weighted by Gasteiger charge is 2.41. The van der Waals surface area contributed by atoms with Crippen LogP contribution in [-0.2, 0) is 4.79 Å². The first-order chi connectivity index (χ1) is 11.6. The third-order valence-corrected chi connectivity index (χ3v) is 7.01. The lowest BCUT2D eigenvalue weighted by Gasteiger charge is -2.45. The fourth-order valence-electron chi connectivity index (χ4n) is 4.78. The fraction of sp³-hybridized carbons (Fsp3) is 0.824. The minimum Gasteiger partial charge on any atom is -0.343 e. The molecule has 0 aromatic carbocycles. The van der Waals surface area contributed by atoms with Gasteiger partial charge in [0.1, 0.15) is 5.82 Å². The van der Waals surface area contributed by atoms with Gasteiger partial charge in [0.25, 0.3) is 0 Å². The third-order valence-electron chi connectivity index (χ3n) is 6.14. The summed E-state index contributed by atoms with van der Waals surface area (Å²) in [6, 6.07) is 0.334. The minimum absolute atomic E-state index is 0.204. The first kappa shape index (κ1) is 16.3. The number of piperazine rings is 1. The normalized spacial score (nSPS) is 33.6. The molecule has 6 nitrogen and oxygen atoms in total. The van der Waals surface area contributed by atoms with Crippen LogP contribution in [0.15, 0.2) is 0 Å². The molecule has 2 bridgehead atoms. The maximum atomic E-state index is 13.0. The maximum absolute atomic E-state index is 13.0. The summed E-state index contributed by atoms with van der Waals surface area (Å²) >= 11 is 1.45. The van der Waals surface area contributed by atoms with E-state index < -0.39 is 0 Å². The van der Waals surface area contributed by atoms with Gasteiger partial charge in [-0.15, -0.1) is 0 Å². The van der Waals surface area contributed by atoms with E-state index in [1.165, 1.54) is 30.8 Å². The van der Waals surface area contributed by atoms with Crippen molar-refractivity contribution in [3.63, 3.8) is 0 Å². The summed E-state index contributed by atoms with van der Waals surface area (Å²) in [5, 5.41) is 0.984. The van der Waals surface area contributed by atoms with Crippen molar-refractivity contribution in [1.29, 1.82) is 0 Å². The van der Waals surface area contributed by atoms with E-state index in [1.807, 2.05) is 6.92 Å². The summed E-state index contributed by atoms with van der Waals surface area (Å²) in [5.74, 6) is 2.54.